The summed E-state index contributed by atoms with van der Waals surface area (Å²) in [6.45, 7) is 5.74. The van der Waals surface area contributed by atoms with Crippen LogP contribution in [0.1, 0.15) is 62.5 Å². The predicted octanol–water partition coefficient (Wildman–Crippen LogP) is 4.08. The molecule has 1 fully saturated rings. The molecule has 1 aliphatic heterocycles. The van der Waals surface area contributed by atoms with Crippen molar-refractivity contribution in [2.45, 2.75) is 65.0 Å². The number of piperidine rings is 1. The van der Waals surface area contributed by atoms with Gasteiger partial charge in [-0.1, -0.05) is 13.3 Å². The SMILES string of the molecule is CCCCc1ncc(CN2CCC[C@@H](CCC(=O)NCc3ccc(OC)cc3OC)C2)[nH]1. The normalized spacial score (nSPS) is 16.7. The van der Waals surface area contributed by atoms with E-state index in [0.717, 1.165) is 55.4 Å². The van der Waals surface area contributed by atoms with Gasteiger partial charge in [-0.05, 0) is 50.3 Å². The summed E-state index contributed by atoms with van der Waals surface area (Å²) >= 11 is 0. The molecule has 0 radical (unpaired) electrons. The number of aromatic nitrogens is 2. The molecule has 32 heavy (non-hydrogen) atoms. The van der Waals surface area contributed by atoms with Crippen molar-refractivity contribution >= 4 is 5.91 Å². The number of amides is 1. The Labute approximate surface area is 191 Å². The lowest BCUT2D eigenvalue weighted by Crippen LogP contribution is -2.35. The largest absolute Gasteiger partial charge is 0.497 e. The molecular formula is C25H38N4O3. The van der Waals surface area contributed by atoms with Crippen LogP contribution in [0.5, 0.6) is 11.5 Å². The number of nitrogens with zero attached hydrogens (tertiary/aromatic N) is 2. The highest BCUT2D eigenvalue weighted by atomic mass is 16.5. The number of aryl methyl sites for hydroxylation is 1. The van der Waals surface area contributed by atoms with Crippen LogP contribution < -0.4 is 14.8 Å². The van der Waals surface area contributed by atoms with Crippen molar-refractivity contribution in [3.63, 3.8) is 0 Å². The first-order chi connectivity index (χ1) is 15.6. The number of carbonyl (C=O) groups excluding carboxylic acids is 1. The predicted molar refractivity (Wildman–Crippen MR) is 126 cm³/mol. The van der Waals surface area contributed by atoms with E-state index in [-0.39, 0.29) is 5.91 Å². The van der Waals surface area contributed by atoms with E-state index >= 15 is 0 Å². The van der Waals surface area contributed by atoms with E-state index in [2.05, 4.69) is 27.1 Å². The van der Waals surface area contributed by atoms with Crippen molar-refractivity contribution in [1.29, 1.82) is 0 Å². The van der Waals surface area contributed by atoms with Crippen molar-refractivity contribution in [3.8, 4) is 11.5 Å². The molecule has 7 nitrogen and oxygen atoms in total. The summed E-state index contributed by atoms with van der Waals surface area (Å²) < 4.78 is 10.6. The molecular weight excluding hydrogens is 404 g/mol. The minimum Gasteiger partial charge on any atom is -0.497 e. The van der Waals surface area contributed by atoms with Crippen LogP contribution in [-0.4, -0.2) is 48.1 Å². The summed E-state index contributed by atoms with van der Waals surface area (Å²) in [4.78, 5) is 22.9. The highest BCUT2D eigenvalue weighted by Gasteiger charge is 2.21. The standard InChI is InChI=1S/C25H38N4O3/c1-4-5-8-24-26-16-21(28-24)18-29-13-6-7-19(17-29)9-12-25(30)27-15-20-10-11-22(31-2)14-23(20)32-3/h10-11,14,16,19H,4-9,12-13,15,17-18H2,1-3H3,(H,26,28)(H,27,30)/t19-/m0/s1. The number of ether oxygens (including phenoxy) is 2. The lowest BCUT2D eigenvalue weighted by molar-refractivity contribution is -0.121. The van der Waals surface area contributed by atoms with Crippen LogP contribution >= 0.6 is 0 Å². The number of rotatable bonds is 12. The van der Waals surface area contributed by atoms with Crippen LogP contribution in [0.4, 0.5) is 0 Å². The fraction of sp³-hybridized carbons (Fsp3) is 0.600. The van der Waals surface area contributed by atoms with E-state index < -0.39 is 0 Å². The number of imidazole rings is 1. The van der Waals surface area contributed by atoms with E-state index in [1.54, 1.807) is 14.2 Å². The zero-order valence-electron chi connectivity index (χ0n) is 19.8. The molecule has 1 aliphatic rings. The second kappa shape index (κ2) is 12.5. The maximum Gasteiger partial charge on any atom is 0.220 e. The zero-order valence-corrected chi connectivity index (χ0v) is 19.8. The molecule has 1 saturated heterocycles. The van der Waals surface area contributed by atoms with Gasteiger partial charge in [-0.25, -0.2) is 4.98 Å². The molecule has 1 amide bonds. The third kappa shape index (κ3) is 7.26. The van der Waals surface area contributed by atoms with E-state index in [0.29, 0.717) is 18.9 Å². The van der Waals surface area contributed by atoms with Gasteiger partial charge in [0, 0.05) is 56.0 Å². The number of benzene rings is 1. The molecule has 0 saturated carbocycles. The quantitative estimate of drug-likeness (QED) is 0.518. The maximum atomic E-state index is 12.4. The number of methoxy groups -OCH3 is 2. The molecule has 0 unspecified atom stereocenters. The fourth-order valence-electron chi connectivity index (χ4n) is 4.34. The van der Waals surface area contributed by atoms with Crippen LogP contribution in [-0.2, 0) is 24.3 Å². The van der Waals surface area contributed by atoms with Crippen molar-refractivity contribution in [1.82, 2.24) is 20.2 Å². The Kier molecular flexibility index (Phi) is 9.41. The van der Waals surface area contributed by atoms with Gasteiger partial charge < -0.3 is 19.8 Å². The molecule has 2 heterocycles. The molecule has 1 aromatic heterocycles. The molecule has 176 valence electrons. The van der Waals surface area contributed by atoms with Crippen LogP contribution in [0.25, 0.3) is 0 Å². The molecule has 3 rings (SSSR count). The van der Waals surface area contributed by atoms with E-state index in [1.807, 2.05) is 24.4 Å². The number of hydrogen-bond acceptors (Lipinski definition) is 5. The Balaban J connectivity index is 1.40. The number of carbonyl (C=O) groups is 1. The number of unbranched alkanes of at least 4 members (excludes halogenated alkanes) is 1. The summed E-state index contributed by atoms with van der Waals surface area (Å²) in [5, 5.41) is 3.03. The molecule has 0 bridgehead atoms. The van der Waals surface area contributed by atoms with Crippen molar-refractivity contribution in [3.05, 3.63) is 41.5 Å². The van der Waals surface area contributed by atoms with Gasteiger partial charge in [-0.2, -0.15) is 0 Å². The van der Waals surface area contributed by atoms with E-state index in [9.17, 15) is 4.79 Å². The summed E-state index contributed by atoms with van der Waals surface area (Å²) in [6, 6.07) is 5.65. The third-order valence-corrected chi connectivity index (χ3v) is 6.20. The Morgan fingerprint density at radius 3 is 2.97 bits per heavy atom. The van der Waals surface area contributed by atoms with Gasteiger partial charge in [-0.3, -0.25) is 9.69 Å². The Hall–Kier alpha value is -2.54. The van der Waals surface area contributed by atoms with Gasteiger partial charge in [0.1, 0.15) is 17.3 Å². The van der Waals surface area contributed by atoms with E-state index in [4.69, 9.17) is 9.47 Å². The van der Waals surface area contributed by atoms with Crippen LogP contribution in [0.2, 0.25) is 0 Å². The molecule has 0 aliphatic carbocycles. The lowest BCUT2D eigenvalue weighted by Gasteiger charge is -2.32. The average molecular weight is 443 g/mol. The molecule has 0 spiro atoms. The van der Waals surface area contributed by atoms with Crippen LogP contribution in [0.3, 0.4) is 0 Å². The first kappa shape index (κ1) is 24.1. The van der Waals surface area contributed by atoms with Crippen LogP contribution in [0, 0.1) is 5.92 Å². The topological polar surface area (TPSA) is 79.5 Å². The summed E-state index contributed by atoms with van der Waals surface area (Å²) in [6.07, 6.45) is 9.23. The number of H-pyrrole nitrogens is 1. The highest BCUT2D eigenvalue weighted by molar-refractivity contribution is 5.75. The van der Waals surface area contributed by atoms with Crippen molar-refractivity contribution in [2.24, 2.45) is 5.92 Å². The third-order valence-electron chi connectivity index (χ3n) is 6.20. The second-order valence-electron chi connectivity index (χ2n) is 8.70. The molecule has 2 aromatic rings. The number of nitrogens with one attached hydrogen (secondary N) is 2. The number of hydrogen-bond donors (Lipinski definition) is 2. The summed E-state index contributed by atoms with van der Waals surface area (Å²) in [7, 11) is 3.26. The van der Waals surface area contributed by atoms with Gasteiger partial charge >= 0.3 is 0 Å². The van der Waals surface area contributed by atoms with Gasteiger partial charge in [0.05, 0.1) is 14.2 Å². The Bertz CT molecular complexity index is 851. The first-order valence-corrected chi connectivity index (χ1v) is 11.8. The average Bonchev–Trinajstić information content (AvgIpc) is 3.27. The van der Waals surface area contributed by atoms with Crippen molar-refractivity contribution in [2.75, 3.05) is 27.3 Å². The van der Waals surface area contributed by atoms with Gasteiger partial charge in [0.25, 0.3) is 0 Å². The molecule has 7 heteroatoms. The Morgan fingerprint density at radius 1 is 1.31 bits per heavy atom. The summed E-state index contributed by atoms with van der Waals surface area (Å²) in [5.74, 6) is 3.22. The smallest absolute Gasteiger partial charge is 0.220 e. The maximum absolute atomic E-state index is 12.4. The number of likely N-dealkylation sites (tertiary alicyclic amines) is 1. The minimum atomic E-state index is 0.0918. The fourth-order valence-corrected chi connectivity index (χ4v) is 4.34. The molecule has 1 atom stereocenters. The van der Waals surface area contributed by atoms with Crippen LogP contribution in [0.15, 0.2) is 24.4 Å². The van der Waals surface area contributed by atoms with Gasteiger partial charge in [-0.15, -0.1) is 0 Å². The first-order valence-electron chi connectivity index (χ1n) is 11.8. The Morgan fingerprint density at radius 2 is 2.19 bits per heavy atom. The monoisotopic (exact) mass is 442 g/mol. The van der Waals surface area contributed by atoms with Gasteiger partial charge in [0.15, 0.2) is 0 Å². The molecule has 1 aromatic carbocycles. The lowest BCUT2D eigenvalue weighted by atomic mass is 9.93. The van der Waals surface area contributed by atoms with Crippen molar-refractivity contribution < 1.29 is 14.3 Å². The van der Waals surface area contributed by atoms with Gasteiger partial charge in [0.2, 0.25) is 5.91 Å². The highest BCUT2D eigenvalue weighted by Crippen LogP contribution is 2.25. The molecule has 2 N–H and O–H groups in total. The zero-order chi connectivity index (χ0) is 22.8. The summed E-state index contributed by atoms with van der Waals surface area (Å²) in [5.41, 5.74) is 2.14. The second-order valence-corrected chi connectivity index (χ2v) is 8.70. The number of aromatic amines is 1. The minimum absolute atomic E-state index is 0.0918. The van der Waals surface area contributed by atoms with E-state index in [1.165, 1.54) is 31.4 Å².